The zero-order valence-corrected chi connectivity index (χ0v) is 12.8. The summed E-state index contributed by atoms with van der Waals surface area (Å²) < 4.78 is 2.01. The zero-order valence-electron chi connectivity index (χ0n) is 12.8. The van der Waals surface area contributed by atoms with Gasteiger partial charge in [0, 0.05) is 18.8 Å². The number of hydrogen-bond donors (Lipinski definition) is 2. The first kappa shape index (κ1) is 15.6. The van der Waals surface area contributed by atoms with Gasteiger partial charge in [0.15, 0.2) is 0 Å². The highest BCUT2D eigenvalue weighted by molar-refractivity contribution is 5.93. The van der Waals surface area contributed by atoms with E-state index in [1.54, 1.807) is 6.07 Å². The number of nitrogens with zero attached hydrogens (tertiary/aromatic N) is 1. The molecule has 21 heavy (non-hydrogen) atoms. The minimum atomic E-state index is -0.871. The van der Waals surface area contributed by atoms with Crippen LogP contribution >= 0.6 is 0 Å². The third kappa shape index (κ3) is 2.96. The first-order valence-electron chi connectivity index (χ1n) is 7.72. The van der Waals surface area contributed by atoms with Gasteiger partial charge >= 0.3 is 5.97 Å². The molecule has 1 amide bonds. The monoisotopic (exact) mass is 292 g/mol. The van der Waals surface area contributed by atoms with Gasteiger partial charge in [-0.3, -0.25) is 9.59 Å². The van der Waals surface area contributed by atoms with E-state index in [1.165, 1.54) is 6.42 Å². The van der Waals surface area contributed by atoms with Crippen LogP contribution < -0.4 is 5.32 Å². The summed E-state index contributed by atoms with van der Waals surface area (Å²) in [5.41, 5.74) is -0.241. The van der Waals surface area contributed by atoms with E-state index in [1.807, 2.05) is 30.7 Å². The quantitative estimate of drug-likeness (QED) is 0.811. The van der Waals surface area contributed by atoms with Gasteiger partial charge in [0.2, 0.25) is 0 Å². The van der Waals surface area contributed by atoms with Crippen LogP contribution in [0, 0.1) is 5.41 Å². The van der Waals surface area contributed by atoms with Gasteiger partial charge in [-0.2, -0.15) is 0 Å². The molecule has 0 spiro atoms. The van der Waals surface area contributed by atoms with Gasteiger partial charge in [0.25, 0.3) is 5.91 Å². The molecule has 0 saturated heterocycles. The Labute approximate surface area is 125 Å². The van der Waals surface area contributed by atoms with Crippen molar-refractivity contribution in [1.29, 1.82) is 0 Å². The standard InChI is InChI=1S/C16H24N2O3/c1-3-16(4-2,15(20)21)11-17-14(19)13-9-6-10-18(13)12-7-5-8-12/h6,9-10,12H,3-5,7-8,11H2,1-2H3,(H,17,19)(H,20,21). The molecule has 1 aliphatic rings. The van der Waals surface area contributed by atoms with Crippen molar-refractivity contribution in [1.82, 2.24) is 9.88 Å². The van der Waals surface area contributed by atoms with E-state index < -0.39 is 11.4 Å². The fourth-order valence-corrected chi connectivity index (χ4v) is 2.79. The van der Waals surface area contributed by atoms with Crippen LogP contribution in [0.25, 0.3) is 0 Å². The lowest BCUT2D eigenvalue weighted by molar-refractivity contribution is -0.149. The van der Waals surface area contributed by atoms with Crippen molar-refractivity contribution in [3.63, 3.8) is 0 Å². The number of aliphatic carboxylic acids is 1. The largest absolute Gasteiger partial charge is 0.481 e. The Bertz CT molecular complexity index is 513. The second-order valence-electron chi connectivity index (χ2n) is 5.86. The van der Waals surface area contributed by atoms with Crippen LogP contribution in [0.15, 0.2) is 18.3 Å². The highest BCUT2D eigenvalue weighted by Crippen LogP contribution is 2.32. The molecular formula is C16H24N2O3. The molecular weight excluding hydrogens is 268 g/mol. The summed E-state index contributed by atoms with van der Waals surface area (Å²) in [4.78, 5) is 23.8. The van der Waals surface area contributed by atoms with Gasteiger partial charge < -0.3 is 15.0 Å². The van der Waals surface area contributed by atoms with Gasteiger partial charge in [-0.15, -0.1) is 0 Å². The number of aromatic nitrogens is 1. The van der Waals surface area contributed by atoms with E-state index in [-0.39, 0.29) is 12.5 Å². The molecule has 0 atom stereocenters. The first-order valence-corrected chi connectivity index (χ1v) is 7.72. The number of amides is 1. The molecule has 0 radical (unpaired) electrons. The number of carboxylic acids is 1. The van der Waals surface area contributed by atoms with Crippen molar-refractivity contribution in [2.24, 2.45) is 5.41 Å². The van der Waals surface area contributed by atoms with Crippen molar-refractivity contribution in [3.05, 3.63) is 24.0 Å². The van der Waals surface area contributed by atoms with Crippen molar-refractivity contribution >= 4 is 11.9 Å². The normalized spacial score (nSPS) is 15.5. The number of carbonyl (C=O) groups excluding carboxylic acids is 1. The summed E-state index contributed by atoms with van der Waals surface area (Å²) >= 11 is 0. The van der Waals surface area contributed by atoms with E-state index in [9.17, 15) is 14.7 Å². The lowest BCUT2D eigenvalue weighted by Gasteiger charge is -2.30. The third-order valence-corrected chi connectivity index (χ3v) is 4.87. The first-order chi connectivity index (χ1) is 10.0. The number of nitrogens with one attached hydrogen (secondary N) is 1. The van der Waals surface area contributed by atoms with Gasteiger partial charge in [-0.1, -0.05) is 13.8 Å². The molecule has 1 heterocycles. The van der Waals surface area contributed by atoms with Crippen LogP contribution in [0.1, 0.15) is 62.5 Å². The third-order valence-electron chi connectivity index (χ3n) is 4.87. The minimum absolute atomic E-state index is 0.171. The zero-order chi connectivity index (χ0) is 15.5. The molecule has 1 fully saturated rings. The number of carbonyl (C=O) groups is 2. The molecule has 1 aliphatic carbocycles. The predicted molar refractivity (Wildman–Crippen MR) is 80.3 cm³/mol. The van der Waals surface area contributed by atoms with E-state index in [0.29, 0.717) is 24.6 Å². The Kier molecular flexibility index (Phi) is 4.70. The Balaban J connectivity index is 2.04. The van der Waals surface area contributed by atoms with E-state index in [2.05, 4.69) is 5.32 Å². The van der Waals surface area contributed by atoms with Crippen LogP contribution in [-0.4, -0.2) is 28.1 Å². The Morgan fingerprint density at radius 1 is 1.38 bits per heavy atom. The average Bonchev–Trinajstić information content (AvgIpc) is 2.87. The van der Waals surface area contributed by atoms with Gasteiger partial charge in [-0.05, 0) is 44.2 Å². The Hall–Kier alpha value is -1.78. The van der Waals surface area contributed by atoms with Crippen LogP contribution in [0.5, 0.6) is 0 Å². The summed E-state index contributed by atoms with van der Waals surface area (Å²) in [6.45, 7) is 3.87. The maximum Gasteiger partial charge on any atom is 0.311 e. The summed E-state index contributed by atoms with van der Waals surface area (Å²) in [6, 6.07) is 4.09. The topological polar surface area (TPSA) is 71.3 Å². The van der Waals surface area contributed by atoms with Crippen LogP contribution in [0.3, 0.4) is 0 Å². The smallest absolute Gasteiger partial charge is 0.311 e. The molecule has 2 N–H and O–H groups in total. The maximum absolute atomic E-state index is 12.3. The Morgan fingerprint density at radius 3 is 2.52 bits per heavy atom. The highest BCUT2D eigenvalue weighted by atomic mass is 16.4. The number of hydrogen-bond acceptors (Lipinski definition) is 2. The molecule has 0 aromatic carbocycles. The lowest BCUT2D eigenvalue weighted by Crippen LogP contribution is -2.43. The van der Waals surface area contributed by atoms with Crippen molar-refractivity contribution in [3.8, 4) is 0 Å². The number of rotatable bonds is 7. The van der Waals surface area contributed by atoms with Crippen LogP contribution in [0.2, 0.25) is 0 Å². The fourth-order valence-electron chi connectivity index (χ4n) is 2.79. The summed E-state index contributed by atoms with van der Waals surface area (Å²) in [6.07, 6.45) is 6.36. The molecule has 5 nitrogen and oxygen atoms in total. The molecule has 116 valence electrons. The van der Waals surface area contributed by atoms with Gasteiger partial charge in [0.05, 0.1) is 5.41 Å². The van der Waals surface area contributed by atoms with Crippen LogP contribution in [0.4, 0.5) is 0 Å². The summed E-state index contributed by atoms with van der Waals surface area (Å²) in [7, 11) is 0. The summed E-state index contributed by atoms with van der Waals surface area (Å²) in [5.74, 6) is -1.03. The average molecular weight is 292 g/mol. The Morgan fingerprint density at radius 2 is 2.05 bits per heavy atom. The second-order valence-corrected chi connectivity index (χ2v) is 5.86. The summed E-state index contributed by atoms with van der Waals surface area (Å²) in [5, 5.41) is 12.2. The lowest BCUT2D eigenvalue weighted by atomic mass is 9.82. The molecule has 2 rings (SSSR count). The van der Waals surface area contributed by atoms with Crippen molar-refractivity contribution in [2.75, 3.05) is 6.54 Å². The minimum Gasteiger partial charge on any atom is -0.481 e. The number of carboxylic acid groups (broad SMARTS) is 1. The van der Waals surface area contributed by atoms with Crippen molar-refractivity contribution in [2.45, 2.75) is 52.0 Å². The fraction of sp³-hybridized carbons (Fsp3) is 0.625. The SMILES string of the molecule is CCC(CC)(CNC(=O)c1cccn1C1CCC1)C(=O)O. The molecule has 0 bridgehead atoms. The predicted octanol–water partition coefficient (Wildman–Crippen LogP) is 2.83. The molecule has 5 heteroatoms. The van der Waals surface area contributed by atoms with Crippen LogP contribution in [-0.2, 0) is 4.79 Å². The van der Waals surface area contributed by atoms with Gasteiger partial charge in [-0.25, -0.2) is 0 Å². The van der Waals surface area contributed by atoms with E-state index in [0.717, 1.165) is 12.8 Å². The molecule has 1 aromatic rings. The van der Waals surface area contributed by atoms with Crippen molar-refractivity contribution < 1.29 is 14.7 Å². The maximum atomic E-state index is 12.3. The molecule has 1 saturated carbocycles. The molecule has 0 unspecified atom stereocenters. The van der Waals surface area contributed by atoms with E-state index >= 15 is 0 Å². The van der Waals surface area contributed by atoms with Gasteiger partial charge in [0.1, 0.15) is 5.69 Å². The van der Waals surface area contributed by atoms with E-state index in [4.69, 9.17) is 0 Å². The second kappa shape index (κ2) is 6.33. The highest BCUT2D eigenvalue weighted by Gasteiger charge is 2.35. The molecule has 0 aliphatic heterocycles. The molecule has 1 aromatic heterocycles.